The summed E-state index contributed by atoms with van der Waals surface area (Å²) in [6.45, 7) is 3.92. The summed E-state index contributed by atoms with van der Waals surface area (Å²) in [6, 6.07) is 12.5. The summed E-state index contributed by atoms with van der Waals surface area (Å²) in [7, 11) is 1.69. The third-order valence-corrected chi connectivity index (χ3v) is 6.79. The lowest BCUT2D eigenvalue weighted by atomic mass is 10.1. The average Bonchev–Trinajstić information content (AvgIpc) is 3.53. The van der Waals surface area contributed by atoms with E-state index in [1.165, 1.54) is 25.9 Å². The van der Waals surface area contributed by atoms with Gasteiger partial charge in [0.1, 0.15) is 0 Å². The normalized spacial score (nSPS) is 19.9. The highest BCUT2D eigenvalue weighted by Gasteiger charge is 2.24. The number of carboxylic acid groups (broad SMARTS) is 1. The number of nitrogens with zero attached hydrogens (tertiary/aromatic N) is 2. The van der Waals surface area contributed by atoms with E-state index in [0.717, 1.165) is 71.2 Å². The van der Waals surface area contributed by atoms with Gasteiger partial charge in [-0.3, -0.25) is 4.79 Å². The second kappa shape index (κ2) is 12.0. The Bertz CT molecular complexity index is 1130. The zero-order valence-corrected chi connectivity index (χ0v) is 20.3. The van der Waals surface area contributed by atoms with Crippen LogP contribution in [0.15, 0.2) is 36.4 Å². The molecule has 0 bridgehead atoms. The van der Waals surface area contributed by atoms with Crippen molar-refractivity contribution in [2.45, 2.75) is 50.7 Å². The van der Waals surface area contributed by atoms with E-state index in [2.05, 4.69) is 16.3 Å². The maximum absolute atomic E-state index is 10.0. The quantitative estimate of drug-likeness (QED) is 0.249. The number of aliphatic hydroxyl groups excluding tert-OH is 1. The van der Waals surface area contributed by atoms with Gasteiger partial charge >= 0.3 is 0 Å². The summed E-state index contributed by atoms with van der Waals surface area (Å²) in [5, 5.41) is 22.7. The number of anilines is 1. The van der Waals surface area contributed by atoms with Crippen molar-refractivity contribution in [3.05, 3.63) is 36.4 Å². The van der Waals surface area contributed by atoms with Crippen molar-refractivity contribution in [3.63, 3.8) is 0 Å². The van der Waals surface area contributed by atoms with E-state index in [4.69, 9.17) is 24.4 Å². The molecule has 188 valence electrons. The van der Waals surface area contributed by atoms with Crippen molar-refractivity contribution >= 4 is 34.0 Å². The van der Waals surface area contributed by atoms with Gasteiger partial charge in [-0.25, -0.2) is 4.98 Å². The lowest BCUT2D eigenvalue weighted by molar-refractivity contribution is -0.122. The van der Waals surface area contributed by atoms with E-state index in [-0.39, 0.29) is 18.6 Å². The van der Waals surface area contributed by atoms with Gasteiger partial charge in [-0.1, -0.05) is 18.2 Å². The Kier molecular flexibility index (Phi) is 8.60. The SMILES string of the molecule is COc1cc2c(N[C@@H]3CC[C@H](O)C3)c3ccccc3nc2cc1OCCCN1CCCC1.O=CO. The van der Waals surface area contributed by atoms with Gasteiger partial charge < -0.3 is 29.9 Å². The van der Waals surface area contributed by atoms with Crippen LogP contribution in [-0.4, -0.2) is 72.1 Å². The van der Waals surface area contributed by atoms with E-state index in [9.17, 15) is 5.11 Å². The highest BCUT2D eigenvalue weighted by Crippen LogP contribution is 2.39. The smallest absolute Gasteiger partial charge is 0.290 e. The Morgan fingerprint density at radius 2 is 1.89 bits per heavy atom. The number of hydrogen-bond donors (Lipinski definition) is 3. The summed E-state index contributed by atoms with van der Waals surface area (Å²) in [5.41, 5.74) is 2.90. The number of nitrogens with one attached hydrogen (secondary N) is 1. The monoisotopic (exact) mass is 481 g/mol. The summed E-state index contributed by atoms with van der Waals surface area (Å²) in [6.07, 6.45) is 5.99. The van der Waals surface area contributed by atoms with E-state index in [1.54, 1.807) is 7.11 Å². The van der Waals surface area contributed by atoms with Gasteiger partial charge in [-0.15, -0.1) is 0 Å². The molecule has 0 radical (unpaired) electrons. The number of hydrogen-bond acceptors (Lipinski definition) is 7. The van der Waals surface area contributed by atoms with Crippen LogP contribution in [0, 0.1) is 0 Å². The second-order valence-corrected chi connectivity index (χ2v) is 9.19. The van der Waals surface area contributed by atoms with Crippen molar-refractivity contribution in [1.29, 1.82) is 0 Å². The van der Waals surface area contributed by atoms with Crippen LogP contribution in [0.5, 0.6) is 11.5 Å². The summed E-state index contributed by atoms with van der Waals surface area (Å²) in [4.78, 5) is 15.8. The first-order valence-corrected chi connectivity index (χ1v) is 12.4. The summed E-state index contributed by atoms with van der Waals surface area (Å²) >= 11 is 0. The number of ether oxygens (including phenoxy) is 2. The molecule has 0 spiro atoms. The highest BCUT2D eigenvalue weighted by molar-refractivity contribution is 6.08. The maximum atomic E-state index is 10.0. The van der Waals surface area contributed by atoms with Crippen LogP contribution in [0.1, 0.15) is 38.5 Å². The highest BCUT2D eigenvalue weighted by atomic mass is 16.5. The van der Waals surface area contributed by atoms with E-state index in [1.807, 2.05) is 30.3 Å². The Balaban J connectivity index is 0.000000917. The summed E-state index contributed by atoms with van der Waals surface area (Å²) < 4.78 is 11.9. The second-order valence-electron chi connectivity index (χ2n) is 9.19. The molecule has 3 aromatic rings. The number of pyridine rings is 1. The molecule has 2 aliphatic rings. The first kappa shape index (κ1) is 25.0. The standard InChI is InChI=1S/C26H33N3O3.CH2O2/c1-31-24-16-21-23(17-25(24)32-14-6-13-29-11-4-5-12-29)28-22-8-3-2-7-20(22)26(21)27-18-9-10-19(30)15-18;2-1-3/h2-3,7-8,16-19,30H,4-6,9-15H2,1H3,(H,27,28);1H,(H,2,3)/t18-,19+;/m1./s1. The maximum Gasteiger partial charge on any atom is 0.290 e. The van der Waals surface area contributed by atoms with E-state index >= 15 is 0 Å². The molecule has 0 amide bonds. The number of rotatable bonds is 8. The molecular weight excluding hydrogens is 446 g/mol. The zero-order chi connectivity index (χ0) is 24.6. The molecule has 2 fully saturated rings. The minimum Gasteiger partial charge on any atom is -0.493 e. The molecule has 3 N–H and O–H groups in total. The molecule has 1 aliphatic carbocycles. The Labute approximate surface area is 205 Å². The van der Waals surface area contributed by atoms with Crippen molar-refractivity contribution in [3.8, 4) is 11.5 Å². The summed E-state index contributed by atoms with van der Waals surface area (Å²) in [5.74, 6) is 1.47. The molecule has 35 heavy (non-hydrogen) atoms. The fourth-order valence-corrected chi connectivity index (χ4v) is 5.10. The van der Waals surface area contributed by atoms with Crippen molar-refractivity contribution in [1.82, 2.24) is 9.88 Å². The van der Waals surface area contributed by atoms with Crippen LogP contribution < -0.4 is 14.8 Å². The fourth-order valence-electron chi connectivity index (χ4n) is 5.10. The Morgan fingerprint density at radius 1 is 1.11 bits per heavy atom. The third kappa shape index (κ3) is 6.13. The molecule has 1 saturated carbocycles. The van der Waals surface area contributed by atoms with Crippen molar-refractivity contribution in [2.75, 3.05) is 38.7 Å². The van der Waals surface area contributed by atoms with Crippen molar-refractivity contribution < 1.29 is 24.5 Å². The first-order chi connectivity index (χ1) is 17.1. The minimum absolute atomic E-state index is 0.220. The predicted molar refractivity (Wildman–Crippen MR) is 138 cm³/mol. The number of fused-ring (bicyclic) bond motifs is 2. The van der Waals surface area contributed by atoms with Crippen LogP contribution in [0.3, 0.4) is 0 Å². The molecule has 0 unspecified atom stereocenters. The van der Waals surface area contributed by atoms with Gasteiger partial charge in [0.05, 0.1) is 36.5 Å². The van der Waals surface area contributed by atoms with Crippen LogP contribution >= 0.6 is 0 Å². The topological polar surface area (TPSA) is 104 Å². The van der Waals surface area contributed by atoms with E-state index < -0.39 is 0 Å². The molecule has 5 rings (SSSR count). The molecular formula is C27H35N3O5. The molecule has 8 heteroatoms. The average molecular weight is 482 g/mol. The molecule has 8 nitrogen and oxygen atoms in total. The largest absolute Gasteiger partial charge is 0.493 e. The van der Waals surface area contributed by atoms with E-state index in [0.29, 0.717) is 6.61 Å². The molecule has 2 aromatic carbocycles. The van der Waals surface area contributed by atoms with Crippen molar-refractivity contribution in [2.24, 2.45) is 0 Å². The Hall–Kier alpha value is -3.10. The minimum atomic E-state index is -0.250. The van der Waals surface area contributed by atoms with Gasteiger partial charge in [-0.2, -0.15) is 0 Å². The van der Waals surface area contributed by atoms with Crippen LogP contribution in [0.4, 0.5) is 5.69 Å². The first-order valence-electron chi connectivity index (χ1n) is 12.4. The number of aliphatic hydroxyl groups is 1. The molecule has 2 heterocycles. The van der Waals surface area contributed by atoms with Crippen LogP contribution in [0.2, 0.25) is 0 Å². The number of methoxy groups -OCH3 is 1. The van der Waals surface area contributed by atoms with Gasteiger partial charge in [0.2, 0.25) is 0 Å². The van der Waals surface area contributed by atoms with Crippen LogP contribution in [-0.2, 0) is 4.79 Å². The third-order valence-electron chi connectivity index (χ3n) is 6.79. The van der Waals surface area contributed by atoms with Gasteiger partial charge in [0, 0.05) is 29.4 Å². The fraction of sp³-hybridized carbons (Fsp3) is 0.481. The number of aromatic nitrogens is 1. The van der Waals surface area contributed by atoms with Crippen LogP contribution in [0.25, 0.3) is 21.8 Å². The number of likely N-dealkylation sites (tertiary alicyclic amines) is 1. The van der Waals surface area contributed by atoms with Gasteiger partial charge in [0.25, 0.3) is 6.47 Å². The Morgan fingerprint density at radius 3 is 2.60 bits per heavy atom. The molecule has 1 aromatic heterocycles. The van der Waals surface area contributed by atoms with Gasteiger partial charge in [0.15, 0.2) is 11.5 Å². The number of benzene rings is 2. The number of carbonyl (C=O) groups is 1. The molecule has 2 atom stereocenters. The zero-order valence-electron chi connectivity index (χ0n) is 20.3. The predicted octanol–water partition coefficient (Wildman–Crippen LogP) is 4.29. The van der Waals surface area contributed by atoms with Gasteiger partial charge in [-0.05, 0) is 63.7 Å². The lowest BCUT2D eigenvalue weighted by Crippen LogP contribution is -2.21. The molecule has 1 saturated heterocycles. The number of para-hydroxylation sites is 1. The lowest BCUT2D eigenvalue weighted by Gasteiger charge is -2.20. The molecule has 1 aliphatic heterocycles.